The standard InChI is InChI=1S/C21H20F3N5/c22-21(23,24)16-6-8-17(9-7-16)26-20-25-11-10-19(27-20)29-14-12-28(13-15-29)18-4-2-1-3-5-18/h1-11H,12-15H2,(H,25,26,27). The fraction of sp³-hybridized carbons (Fsp3) is 0.238. The summed E-state index contributed by atoms with van der Waals surface area (Å²) in [6.45, 7) is 3.42. The molecular weight excluding hydrogens is 379 g/mol. The molecule has 3 aromatic rings. The molecule has 5 nitrogen and oxygen atoms in total. The van der Waals surface area contributed by atoms with Crippen LogP contribution in [0.25, 0.3) is 0 Å². The van der Waals surface area contributed by atoms with Crippen LogP contribution in [0.2, 0.25) is 0 Å². The third-order valence-electron chi connectivity index (χ3n) is 4.83. The van der Waals surface area contributed by atoms with Crippen molar-refractivity contribution in [3.8, 4) is 0 Å². The summed E-state index contributed by atoms with van der Waals surface area (Å²) >= 11 is 0. The predicted molar refractivity (Wildman–Crippen MR) is 108 cm³/mol. The maximum atomic E-state index is 12.7. The highest BCUT2D eigenvalue weighted by Gasteiger charge is 2.30. The van der Waals surface area contributed by atoms with Crippen LogP contribution in [0, 0.1) is 0 Å². The summed E-state index contributed by atoms with van der Waals surface area (Å²) < 4.78 is 38.1. The Balaban J connectivity index is 1.40. The quantitative estimate of drug-likeness (QED) is 0.697. The smallest absolute Gasteiger partial charge is 0.368 e. The Labute approximate surface area is 166 Å². The van der Waals surface area contributed by atoms with Crippen molar-refractivity contribution in [3.63, 3.8) is 0 Å². The number of anilines is 4. The zero-order valence-corrected chi connectivity index (χ0v) is 15.6. The fourth-order valence-corrected chi connectivity index (χ4v) is 3.29. The van der Waals surface area contributed by atoms with Crippen LogP contribution in [0.1, 0.15) is 5.56 Å². The summed E-state index contributed by atoms with van der Waals surface area (Å²) in [7, 11) is 0. The summed E-state index contributed by atoms with van der Waals surface area (Å²) in [5.41, 5.74) is 1.03. The van der Waals surface area contributed by atoms with Gasteiger partial charge in [-0.2, -0.15) is 18.2 Å². The lowest BCUT2D eigenvalue weighted by Crippen LogP contribution is -2.46. The molecule has 1 aliphatic heterocycles. The third kappa shape index (κ3) is 4.59. The minimum Gasteiger partial charge on any atom is -0.368 e. The number of hydrogen-bond donors (Lipinski definition) is 1. The van der Waals surface area contributed by atoms with Crippen LogP contribution in [0.5, 0.6) is 0 Å². The van der Waals surface area contributed by atoms with Gasteiger partial charge in [-0.05, 0) is 42.5 Å². The van der Waals surface area contributed by atoms with Crippen molar-refractivity contribution in [2.45, 2.75) is 6.18 Å². The Morgan fingerprint density at radius 3 is 2.10 bits per heavy atom. The summed E-state index contributed by atoms with van der Waals surface area (Å²) in [6.07, 6.45) is -2.70. The van der Waals surface area contributed by atoms with Gasteiger partial charge in [0.15, 0.2) is 0 Å². The van der Waals surface area contributed by atoms with Crippen molar-refractivity contribution in [1.29, 1.82) is 0 Å². The van der Waals surface area contributed by atoms with E-state index in [2.05, 4.69) is 37.2 Å². The van der Waals surface area contributed by atoms with E-state index in [-0.39, 0.29) is 0 Å². The Hall–Kier alpha value is -3.29. The van der Waals surface area contributed by atoms with E-state index < -0.39 is 11.7 Å². The second kappa shape index (κ2) is 7.98. The Bertz CT molecular complexity index is 937. The maximum Gasteiger partial charge on any atom is 0.416 e. The lowest BCUT2D eigenvalue weighted by molar-refractivity contribution is -0.137. The van der Waals surface area contributed by atoms with Crippen LogP contribution >= 0.6 is 0 Å². The monoisotopic (exact) mass is 399 g/mol. The van der Waals surface area contributed by atoms with E-state index in [9.17, 15) is 13.2 Å². The highest BCUT2D eigenvalue weighted by atomic mass is 19.4. The average molecular weight is 399 g/mol. The molecule has 1 saturated heterocycles. The number of nitrogens with one attached hydrogen (secondary N) is 1. The number of alkyl halides is 3. The molecule has 8 heteroatoms. The van der Waals surface area contributed by atoms with Gasteiger partial charge in [-0.3, -0.25) is 0 Å². The first kappa shape index (κ1) is 19.0. The Morgan fingerprint density at radius 1 is 0.793 bits per heavy atom. The van der Waals surface area contributed by atoms with E-state index in [0.717, 1.165) is 44.1 Å². The van der Waals surface area contributed by atoms with Crippen molar-refractivity contribution in [2.24, 2.45) is 0 Å². The fourth-order valence-electron chi connectivity index (χ4n) is 3.29. The Kier molecular flexibility index (Phi) is 5.24. The molecule has 0 bridgehead atoms. The molecule has 4 rings (SSSR count). The normalized spacial score (nSPS) is 14.7. The van der Waals surface area contributed by atoms with Crippen LogP contribution in [0.4, 0.5) is 36.3 Å². The number of piperazine rings is 1. The molecule has 0 atom stereocenters. The molecule has 1 fully saturated rings. The molecule has 0 radical (unpaired) electrons. The Morgan fingerprint density at radius 2 is 1.45 bits per heavy atom. The van der Waals surface area contributed by atoms with Crippen molar-refractivity contribution in [1.82, 2.24) is 9.97 Å². The first-order valence-corrected chi connectivity index (χ1v) is 9.31. The number of para-hydroxylation sites is 1. The van der Waals surface area contributed by atoms with Gasteiger partial charge in [0.05, 0.1) is 5.56 Å². The van der Waals surface area contributed by atoms with Crippen LogP contribution < -0.4 is 15.1 Å². The van der Waals surface area contributed by atoms with Crippen molar-refractivity contribution in [3.05, 3.63) is 72.4 Å². The molecule has 1 aromatic heterocycles. The maximum absolute atomic E-state index is 12.7. The lowest BCUT2D eigenvalue weighted by Gasteiger charge is -2.36. The molecule has 29 heavy (non-hydrogen) atoms. The van der Waals surface area contributed by atoms with Gasteiger partial charge >= 0.3 is 6.18 Å². The van der Waals surface area contributed by atoms with E-state index in [1.165, 1.54) is 17.8 Å². The number of nitrogens with zero attached hydrogens (tertiary/aromatic N) is 4. The largest absolute Gasteiger partial charge is 0.416 e. The third-order valence-corrected chi connectivity index (χ3v) is 4.83. The van der Waals surface area contributed by atoms with Gasteiger partial charge in [-0.15, -0.1) is 0 Å². The van der Waals surface area contributed by atoms with Crippen LogP contribution in [-0.2, 0) is 6.18 Å². The zero-order chi connectivity index (χ0) is 20.3. The predicted octanol–water partition coefficient (Wildman–Crippen LogP) is 4.57. The van der Waals surface area contributed by atoms with Gasteiger partial charge in [-0.25, -0.2) is 4.98 Å². The molecule has 0 aliphatic carbocycles. The van der Waals surface area contributed by atoms with Gasteiger partial charge in [0.2, 0.25) is 5.95 Å². The number of rotatable bonds is 4. The number of benzene rings is 2. The highest BCUT2D eigenvalue weighted by molar-refractivity contribution is 5.56. The molecule has 0 spiro atoms. The SMILES string of the molecule is FC(F)(F)c1ccc(Nc2nccc(N3CCN(c4ccccc4)CC3)n2)cc1. The summed E-state index contributed by atoms with van der Waals surface area (Å²) in [5, 5.41) is 2.97. The molecule has 1 N–H and O–H groups in total. The molecule has 0 saturated carbocycles. The van der Waals surface area contributed by atoms with Crippen molar-refractivity contribution >= 4 is 23.1 Å². The van der Waals surface area contributed by atoms with Gasteiger partial charge in [0.25, 0.3) is 0 Å². The van der Waals surface area contributed by atoms with Crippen LogP contribution in [0.15, 0.2) is 66.9 Å². The second-order valence-electron chi connectivity index (χ2n) is 6.75. The number of halogens is 3. The van der Waals surface area contributed by atoms with E-state index in [1.807, 2.05) is 24.3 Å². The summed E-state index contributed by atoms with van der Waals surface area (Å²) in [6, 6.07) is 16.9. The lowest BCUT2D eigenvalue weighted by atomic mass is 10.2. The first-order chi connectivity index (χ1) is 14.0. The molecule has 150 valence electrons. The van der Waals surface area contributed by atoms with Crippen LogP contribution in [-0.4, -0.2) is 36.1 Å². The van der Waals surface area contributed by atoms with E-state index >= 15 is 0 Å². The molecular formula is C21H20F3N5. The molecule has 0 amide bonds. The number of aromatic nitrogens is 2. The first-order valence-electron chi connectivity index (χ1n) is 9.31. The molecule has 2 heterocycles. The minimum atomic E-state index is -4.35. The van der Waals surface area contributed by atoms with E-state index in [0.29, 0.717) is 11.6 Å². The van der Waals surface area contributed by atoms with E-state index in [1.54, 1.807) is 6.20 Å². The molecule has 0 unspecified atom stereocenters. The van der Waals surface area contributed by atoms with Gasteiger partial charge in [-0.1, -0.05) is 18.2 Å². The topological polar surface area (TPSA) is 44.3 Å². The van der Waals surface area contributed by atoms with Gasteiger partial charge in [0.1, 0.15) is 5.82 Å². The molecule has 2 aromatic carbocycles. The van der Waals surface area contributed by atoms with Gasteiger partial charge in [0, 0.05) is 43.8 Å². The summed E-state index contributed by atoms with van der Waals surface area (Å²) in [5.74, 6) is 1.15. The minimum absolute atomic E-state index is 0.354. The second-order valence-corrected chi connectivity index (χ2v) is 6.75. The van der Waals surface area contributed by atoms with Crippen molar-refractivity contribution in [2.75, 3.05) is 41.3 Å². The summed E-state index contributed by atoms with van der Waals surface area (Å²) in [4.78, 5) is 13.2. The van der Waals surface area contributed by atoms with Crippen LogP contribution in [0.3, 0.4) is 0 Å². The van der Waals surface area contributed by atoms with E-state index in [4.69, 9.17) is 0 Å². The zero-order valence-electron chi connectivity index (χ0n) is 15.6. The van der Waals surface area contributed by atoms with Gasteiger partial charge < -0.3 is 15.1 Å². The highest BCUT2D eigenvalue weighted by Crippen LogP contribution is 2.30. The average Bonchev–Trinajstić information content (AvgIpc) is 2.74. The van der Waals surface area contributed by atoms with Crippen molar-refractivity contribution < 1.29 is 13.2 Å². The molecule has 1 aliphatic rings. The number of hydrogen-bond acceptors (Lipinski definition) is 5.